The number of fused-ring (bicyclic) bond motifs is 1. The lowest BCUT2D eigenvalue weighted by atomic mass is 10.3. The van der Waals surface area contributed by atoms with Gasteiger partial charge in [-0.15, -0.1) is 0 Å². The fourth-order valence-electron chi connectivity index (χ4n) is 1.54. The number of nitrogens with zero attached hydrogens (tertiary/aromatic N) is 2. The summed E-state index contributed by atoms with van der Waals surface area (Å²) in [5.74, 6) is 2.08. The van der Waals surface area contributed by atoms with Crippen LogP contribution in [0.1, 0.15) is 18.2 Å². The Hall–Kier alpha value is -1.17. The molecule has 2 heterocycles. The summed E-state index contributed by atoms with van der Waals surface area (Å²) >= 11 is 1.79. The number of nitrogens with two attached hydrogens (primary N) is 1. The Kier molecular flexibility index (Phi) is 2.86. The summed E-state index contributed by atoms with van der Waals surface area (Å²) in [5.41, 5.74) is 7.95. The molecule has 1 aliphatic heterocycles. The normalized spacial score (nSPS) is 13.9. The first kappa shape index (κ1) is 10.4. The Morgan fingerprint density at radius 1 is 1.67 bits per heavy atom. The second-order valence-electron chi connectivity index (χ2n) is 3.27. The summed E-state index contributed by atoms with van der Waals surface area (Å²) in [7, 11) is 0. The van der Waals surface area contributed by atoms with Crippen LogP contribution in [0.3, 0.4) is 0 Å². The lowest BCUT2D eigenvalue weighted by molar-refractivity contribution is -0.144. The van der Waals surface area contributed by atoms with Crippen LogP contribution in [0.4, 0.5) is 5.82 Å². The van der Waals surface area contributed by atoms with Crippen molar-refractivity contribution in [2.45, 2.75) is 25.0 Å². The van der Waals surface area contributed by atoms with Gasteiger partial charge in [-0.2, -0.15) is 16.9 Å². The first-order valence-electron chi connectivity index (χ1n) is 4.79. The van der Waals surface area contributed by atoms with E-state index in [2.05, 4.69) is 5.10 Å². The summed E-state index contributed by atoms with van der Waals surface area (Å²) in [6.45, 7) is 2.27. The molecule has 1 aromatic rings. The van der Waals surface area contributed by atoms with Crippen molar-refractivity contribution in [3.63, 3.8) is 0 Å². The minimum atomic E-state index is -0.293. The minimum absolute atomic E-state index is 0.108. The molecule has 5 nitrogen and oxygen atoms in total. The Bertz CT molecular complexity index is 389. The SMILES string of the molecule is CCOC(=O)Cn1nc2c(c1N)CSC2. The number of rotatable bonds is 3. The van der Waals surface area contributed by atoms with Gasteiger partial charge in [0.2, 0.25) is 0 Å². The van der Waals surface area contributed by atoms with Crippen molar-refractivity contribution in [1.82, 2.24) is 9.78 Å². The van der Waals surface area contributed by atoms with Crippen LogP contribution in [0, 0.1) is 0 Å². The van der Waals surface area contributed by atoms with E-state index in [4.69, 9.17) is 10.5 Å². The third-order valence-electron chi connectivity index (χ3n) is 2.25. The van der Waals surface area contributed by atoms with Gasteiger partial charge in [0.05, 0.1) is 12.3 Å². The van der Waals surface area contributed by atoms with E-state index >= 15 is 0 Å². The lowest BCUT2D eigenvalue weighted by Crippen LogP contribution is -2.16. The molecule has 15 heavy (non-hydrogen) atoms. The van der Waals surface area contributed by atoms with E-state index in [1.54, 1.807) is 18.7 Å². The van der Waals surface area contributed by atoms with E-state index < -0.39 is 0 Å². The molecule has 0 unspecified atom stereocenters. The number of nitrogen functional groups attached to an aromatic ring is 1. The smallest absolute Gasteiger partial charge is 0.327 e. The van der Waals surface area contributed by atoms with Crippen LogP contribution in [0.5, 0.6) is 0 Å². The largest absolute Gasteiger partial charge is 0.465 e. The van der Waals surface area contributed by atoms with Gasteiger partial charge in [0, 0.05) is 17.1 Å². The molecule has 0 spiro atoms. The number of hydrogen-bond donors (Lipinski definition) is 1. The van der Waals surface area contributed by atoms with Gasteiger partial charge in [-0.05, 0) is 6.92 Å². The van der Waals surface area contributed by atoms with Crippen LogP contribution in [-0.4, -0.2) is 22.4 Å². The standard InChI is InChI=1S/C9H13N3O2S/c1-2-14-8(13)3-12-9(10)6-4-15-5-7(6)11-12/h2-5,10H2,1H3. The fraction of sp³-hybridized carbons (Fsp3) is 0.556. The second-order valence-corrected chi connectivity index (χ2v) is 4.25. The van der Waals surface area contributed by atoms with E-state index in [0.717, 1.165) is 22.8 Å². The molecule has 0 radical (unpaired) electrons. The number of carbonyl (C=O) groups is 1. The number of anilines is 1. The van der Waals surface area contributed by atoms with Gasteiger partial charge < -0.3 is 10.5 Å². The third kappa shape index (κ3) is 1.94. The van der Waals surface area contributed by atoms with Crippen molar-refractivity contribution < 1.29 is 9.53 Å². The number of hydrogen-bond acceptors (Lipinski definition) is 5. The monoisotopic (exact) mass is 227 g/mol. The molecular formula is C9H13N3O2S. The van der Waals surface area contributed by atoms with Gasteiger partial charge in [0.1, 0.15) is 12.4 Å². The quantitative estimate of drug-likeness (QED) is 0.772. The molecule has 2 N–H and O–H groups in total. The molecule has 2 rings (SSSR count). The molecule has 1 aromatic heterocycles. The molecular weight excluding hydrogens is 214 g/mol. The predicted octanol–water partition coefficient (Wildman–Crippen LogP) is 0.775. The number of thioether (sulfide) groups is 1. The number of carbonyl (C=O) groups excluding carboxylic acids is 1. The minimum Gasteiger partial charge on any atom is -0.465 e. The van der Waals surface area contributed by atoms with Gasteiger partial charge in [-0.25, -0.2) is 4.68 Å². The average Bonchev–Trinajstić information content (AvgIpc) is 2.72. The van der Waals surface area contributed by atoms with Crippen LogP contribution in [0.15, 0.2) is 0 Å². The molecule has 0 aromatic carbocycles. The highest BCUT2D eigenvalue weighted by molar-refractivity contribution is 7.98. The van der Waals surface area contributed by atoms with E-state index in [1.165, 1.54) is 4.68 Å². The van der Waals surface area contributed by atoms with Crippen LogP contribution in [-0.2, 0) is 27.6 Å². The summed E-state index contributed by atoms with van der Waals surface area (Å²) < 4.78 is 6.37. The Labute approximate surface area is 92.0 Å². The van der Waals surface area contributed by atoms with Crippen molar-refractivity contribution in [3.05, 3.63) is 11.3 Å². The summed E-state index contributed by atoms with van der Waals surface area (Å²) in [6, 6.07) is 0. The Balaban J connectivity index is 2.13. The molecule has 0 bridgehead atoms. The van der Waals surface area contributed by atoms with Gasteiger partial charge in [0.15, 0.2) is 0 Å². The number of ether oxygens (including phenoxy) is 1. The first-order chi connectivity index (χ1) is 7.22. The zero-order valence-electron chi connectivity index (χ0n) is 8.52. The van der Waals surface area contributed by atoms with Gasteiger partial charge in [0.25, 0.3) is 0 Å². The number of esters is 1. The summed E-state index contributed by atoms with van der Waals surface area (Å²) in [5, 5.41) is 4.28. The highest BCUT2D eigenvalue weighted by Crippen LogP contribution is 2.32. The van der Waals surface area contributed by atoms with Crippen molar-refractivity contribution >= 4 is 23.5 Å². The predicted molar refractivity (Wildman–Crippen MR) is 58.3 cm³/mol. The van der Waals surface area contributed by atoms with Crippen molar-refractivity contribution in [1.29, 1.82) is 0 Å². The lowest BCUT2D eigenvalue weighted by Gasteiger charge is -2.04. The highest BCUT2D eigenvalue weighted by atomic mass is 32.2. The highest BCUT2D eigenvalue weighted by Gasteiger charge is 2.21. The fourth-order valence-corrected chi connectivity index (χ4v) is 2.58. The molecule has 0 atom stereocenters. The average molecular weight is 227 g/mol. The molecule has 82 valence electrons. The van der Waals surface area contributed by atoms with Gasteiger partial charge >= 0.3 is 5.97 Å². The van der Waals surface area contributed by atoms with E-state index in [1.807, 2.05) is 0 Å². The first-order valence-corrected chi connectivity index (χ1v) is 5.95. The van der Waals surface area contributed by atoms with Crippen LogP contribution >= 0.6 is 11.8 Å². The molecule has 0 amide bonds. The van der Waals surface area contributed by atoms with Crippen molar-refractivity contribution in [2.24, 2.45) is 0 Å². The Morgan fingerprint density at radius 3 is 3.13 bits per heavy atom. The van der Waals surface area contributed by atoms with E-state index in [9.17, 15) is 4.79 Å². The molecule has 1 aliphatic rings. The van der Waals surface area contributed by atoms with E-state index in [-0.39, 0.29) is 12.5 Å². The summed E-state index contributed by atoms with van der Waals surface area (Å²) in [6.07, 6.45) is 0. The zero-order valence-corrected chi connectivity index (χ0v) is 9.34. The third-order valence-corrected chi connectivity index (χ3v) is 3.22. The maximum absolute atomic E-state index is 11.2. The number of aromatic nitrogens is 2. The molecule has 0 aliphatic carbocycles. The van der Waals surface area contributed by atoms with E-state index in [0.29, 0.717) is 12.4 Å². The van der Waals surface area contributed by atoms with Crippen molar-refractivity contribution in [2.75, 3.05) is 12.3 Å². The molecule has 0 saturated heterocycles. The molecule has 6 heteroatoms. The van der Waals surface area contributed by atoms with Crippen LogP contribution < -0.4 is 5.73 Å². The topological polar surface area (TPSA) is 70.1 Å². The summed E-state index contributed by atoms with van der Waals surface area (Å²) in [4.78, 5) is 11.2. The maximum Gasteiger partial charge on any atom is 0.327 e. The molecule has 0 fully saturated rings. The van der Waals surface area contributed by atoms with Crippen molar-refractivity contribution in [3.8, 4) is 0 Å². The van der Waals surface area contributed by atoms with Gasteiger partial charge in [-0.3, -0.25) is 4.79 Å². The second kappa shape index (κ2) is 4.14. The van der Waals surface area contributed by atoms with Crippen LogP contribution in [0.2, 0.25) is 0 Å². The van der Waals surface area contributed by atoms with Crippen LogP contribution in [0.25, 0.3) is 0 Å². The van der Waals surface area contributed by atoms with Gasteiger partial charge in [-0.1, -0.05) is 0 Å². The Morgan fingerprint density at radius 2 is 2.47 bits per heavy atom. The molecule has 0 saturated carbocycles. The maximum atomic E-state index is 11.2. The zero-order chi connectivity index (χ0) is 10.8.